The Labute approximate surface area is 145 Å². The van der Waals surface area contributed by atoms with Crippen LogP contribution < -0.4 is 5.32 Å². The van der Waals surface area contributed by atoms with E-state index in [1.54, 1.807) is 6.07 Å². The van der Waals surface area contributed by atoms with Crippen molar-refractivity contribution in [3.8, 4) is 0 Å². The number of nitrogens with one attached hydrogen (secondary N) is 2. The van der Waals surface area contributed by atoms with Gasteiger partial charge in [-0.2, -0.15) is 0 Å². The molecule has 0 unspecified atom stereocenters. The lowest BCUT2D eigenvalue weighted by Gasteiger charge is -2.16. The molecule has 4 rings (SSSR count). The van der Waals surface area contributed by atoms with Gasteiger partial charge in [0.2, 0.25) is 5.91 Å². The predicted molar refractivity (Wildman–Crippen MR) is 96.7 cm³/mol. The maximum absolute atomic E-state index is 12.4. The fraction of sp³-hybridized carbons (Fsp3) is 0.100. The van der Waals surface area contributed by atoms with Gasteiger partial charge in [-0.05, 0) is 23.6 Å². The van der Waals surface area contributed by atoms with Crippen LogP contribution in [0.2, 0.25) is 0 Å². The summed E-state index contributed by atoms with van der Waals surface area (Å²) in [7, 11) is 0. The molecule has 25 heavy (non-hydrogen) atoms. The summed E-state index contributed by atoms with van der Waals surface area (Å²) in [4.78, 5) is 29.4. The van der Waals surface area contributed by atoms with Gasteiger partial charge in [-0.25, -0.2) is 0 Å². The number of H-pyrrole nitrogens is 1. The Hall–Kier alpha value is -3.34. The molecule has 0 atom stereocenters. The molecule has 1 aliphatic rings. The smallest absolute Gasteiger partial charge is 0.259 e. The van der Waals surface area contributed by atoms with Crippen LogP contribution in [-0.2, 0) is 11.3 Å². The molecule has 0 radical (unpaired) electrons. The molecule has 3 aromatic rings. The van der Waals surface area contributed by atoms with Crippen LogP contribution in [0.15, 0.2) is 61.2 Å². The highest BCUT2D eigenvalue weighted by atomic mass is 16.2. The molecule has 5 nitrogen and oxygen atoms in total. The minimum Gasteiger partial charge on any atom is -0.357 e. The van der Waals surface area contributed by atoms with Crippen molar-refractivity contribution in [2.24, 2.45) is 0 Å². The first-order valence-corrected chi connectivity index (χ1v) is 8.07. The summed E-state index contributed by atoms with van der Waals surface area (Å²) in [5, 5.41) is 3.95. The number of nitrogens with zero attached hydrogens (tertiary/aromatic N) is 1. The van der Waals surface area contributed by atoms with Gasteiger partial charge < -0.3 is 10.3 Å². The summed E-state index contributed by atoms with van der Waals surface area (Å²) in [5.74, 6) is -0.401. The maximum Gasteiger partial charge on any atom is 0.259 e. The minimum atomic E-state index is -0.221. The molecule has 0 fully saturated rings. The number of benzene rings is 2. The topological polar surface area (TPSA) is 65.2 Å². The van der Waals surface area contributed by atoms with Gasteiger partial charge in [-0.15, -0.1) is 0 Å². The molecular formula is C20H17N3O2. The van der Waals surface area contributed by atoms with Crippen molar-refractivity contribution >= 4 is 28.4 Å². The van der Waals surface area contributed by atoms with E-state index in [9.17, 15) is 9.59 Å². The fourth-order valence-electron chi connectivity index (χ4n) is 3.12. The van der Waals surface area contributed by atoms with Crippen LogP contribution >= 0.6 is 0 Å². The van der Waals surface area contributed by atoms with Crippen LogP contribution in [-0.4, -0.2) is 28.2 Å². The molecule has 5 heteroatoms. The first kappa shape index (κ1) is 15.2. The normalized spacial score (nSPS) is 13.4. The maximum atomic E-state index is 12.4. The van der Waals surface area contributed by atoms with Gasteiger partial charge in [-0.3, -0.25) is 14.5 Å². The number of hydrogen-bond acceptors (Lipinski definition) is 2. The van der Waals surface area contributed by atoms with Crippen LogP contribution in [0.4, 0.5) is 0 Å². The Morgan fingerprint density at radius 1 is 1.08 bits per heavy atom. The fourth-order valence-corrected chi connectivity index (χ4v) is 3.12. The van der Waals surface area contributed by atoms with E-state index in [0.717, 1.165) is 22.2 Å². The van der Waals surface area contributed by atoms with E-state index in [-0.39, 0.29) is 18.4 Å². The number of rotatable bonds is 4. The highest BCUT2D eigenvalue weighted by Gasteiger charge is 2.31. The van der Waals surface area contributed by atoms with Gasteiger partial charge in [-0.1, -0.05) is 43.0 Å². The molecule has 0 saturated carbocycles. The zero-order valence-corrected chi connectivity index (χ0v) is 13.6. The third-order valence-corrected chi connectivity index (χ3v) is 4.40. The van der Waals surface area contributed by atoms with E-state index in [2.05, 4.69) is 16.9 Å². The van der Waals surface area contributed by atoms with Crippen molar-refractivity contribution in [3.63, 3.8) is 0 Å². The largest absolute Gasteiger partial charge is 0.357 e. The molecule has 124 valence electrons. The molecule has 0 saturated heterocycles. The average molecular weight is 331 g/mol. The van der Waals surface area contributed by atoms with E-state index in [0.29, 0.717) is 17.8 Å². The van der Waals surface area contributed by atoms with Gasteiger partial charge in [0.05, 0.1) is 6.54 Å². The molecular weight excluding hydrogens is 314 g/mol. The quantitative estimate of drug-likeness (QED) is 0.772. The summed E-state index contributed by atoms with van der Waals surface area (Å²) in [5.41, 5.74) is 3.91. The molecule has 0 aliphatic carbocycles. The highest BCUT2D eigenvalue weighted by molar-refractivity contribution is 6.10. The van der Waals surface area contributed by atoms with Gasteiger partial charge in [0.25, 0.3) is 5.91 Å². The first-order valence-electron chi connectivity index (χ1n) is 8.07. The van der Waals surface area contributed by atoms with Gasteiger partial charge in [0.1, 0.15) is 6.54 Å². The molecule has 1 aromatic heterocycles. The van der Waals surface area contributed by atoms with E-state index in [4.69, 9.17) is 0 Å². The van der Waals surface area contributed by atoms with Crippen LogP contribution in [0.3, 0.4) is 0 Å². The first-order chi connectivity index (χ1) is 12.1. The Morgan fingerprint density at radius 2 is 1.80 bits per heavy atom. The second-order valence-corrected chi connectivity index (χ2v) is 6.04. The lowest BCUT2D eigenvalue weighted by atomic mass is 10.1. The Bertz CT molecular complexity index is 935. The van der Waals surface area contributed by atoms with Crippen molar-refractivity contribution < 1.29 is 9.59 Å². The number of aromatic amines is 1. The van der Waals surface area contributed by atoms with Crippen molar-refractivity contribution in [1.29, 1.82) is 0 Å². The number of carbonyl (C=O) groups is 2. The lowest BCUT2D eigenvalue weighted by Crippen LogP contribution is -2.36. The number of hydrogen-bond donors (Lipinski definition) is 2. The van der Waals surface area contributed by atoms with E-state index >= 15 is 0 Å². The zero-order valence-electron chi connectivity index (χ0n) is 13.6. The van der Waals surface area contributed by atoms with Crippen molar-refractivity contribution in [3.05, 3.63) is 78.0 Å². The minimum absolute atomic E-state index is 0.0351. The third kappa shape index (κ3) is 2.70. The van der Waals surface area contributed by atoms with Crippen LogP contribution in [0.5, 0.6) is 0 Å². The SMILES string of the molecule is C=C1c2ccccc2C(=O)N1CC(=O)NCc1cc2ccccc2[nH]1. The predicted octanol–water partition coefficient (Wildman–Crippen LogP) is 2.91. The average Bonchev–Trinajstić information content (AvgIpc) is 3.15. The monoisotopic (exact) mass is 331 g/mol. The van der Waals surface area contributed by atoms with Crippen LogP contribution in [0, 0.1) is 0 Å². The molecule has 2 N–H and O–H groups in total. The molecule has 1 aliphatic heterocycles. The van der Waals surface area contributed by atoms with Crippen LogP contribution in [0.1, 0.15) is 21.6 Å². The standard InChI is InChI=1S/C20H17N3O2/c1-13-16-7-3-4-8-17(16)20(25)23(13)12-19(24)21-11-15-10-14-6-2-5-9-18(14)22-15/h2-10,22H,1,11-12H2,(H,21,24). The van der Waals surface area contributed by atoms with Crippen LogP contribution in [0.25, 0.3) is 16.6 Å². The second-order valence-electron chi connectivity index (χ2n) is 6.04. The van der Waals surface area contributed by atoms with Crippen molar-refractivity contribution in [2.75, 3.05) is 6.54 Å². The van der Waals surface area contributed by atoms with E-state index in [1.807, 2.05) is 48.5 Å². The molecule has 0 spiro atoms. The van der Waals surface area contributed by atoms with Gasteiger partial charge >= 0.3 is 0 Å². The van der Waals surface area contributed by atoms with Gasteiger partial charge in [0, 0.05) is 28.0 Å². The lowest BCUT2D eigenvalue weighted by molar-refractivity contribution is -0.121. The number of aromatic nitrogens is 1. The summed E-state index contributed by atoms with van der Waals surface area (Å²) in [6.07, 6.45) is 0. The zero-order chi connectivity index (χ0) is 17.4. The Morgan fingerprint density at radius 3 is 2.56 bits per heavy atom. The third-order valence-electron chi connectivity index (χ3n) is 4.40. The van der Waals surface area contributed by atoms with Crippen molar-refractivity contribution in [1.82, 2.24) is 15.2 Å². The molecule has 2 heterocycles. The van der Waals surface area contributed by atoms with Crippen molar-refractivity contribution in [2.45, 2.75) is 6.54 Å². The summed E-state index contributed by atoms with van der Waals surface area (Å²) < 4.78 is 0. The molecule has 2 amide bonds. The number of fused-ring (bicyclic) bond motifs is 2. The number of carbonyl (C=O) groups excluding carboxylic acids is 2. The summed E-state index contributed by atoms with van der Waals surface area (Å²) >= 11 is 0. The van der Waals surface area contributed by atoms with E-state index in [1.165, 1.54) is 4.90 Å². The second kappa shape index (κ2) is 5.94. The Balaban J connectivity index is 1.41. The van der Waals surface area contributed by atoms with E-state index < -0.39 is 0 Å². The summed E-state index contributed by atoms with van der Waals surface area (Å²) in [6, 6.07) is 17.2. The number of amides is 2. The number of para-hydroxylation sites is 1. The highest BCUT2D eigenvalue weighted by Crippen LogP contribution is 2.30. The Kier molecular flexibility index (Phi) is 3.61. The molecule has 2 aromatic carbocycles. The van der Waals surface area contributed by atoms with Gasteiger partial charge in [0.15, 0.2) is 0 Å². The molecule has 0 bridgehead atoms. The summed E-state index contributed by atoms with van der Waals surface area (Å²) in [6.45, 7) is 4.30.